The molecule has 1 rings (SSSR count). The molecule has 1 amide bonds. The first-order valence-corrected chi connectivity index (χ1v) is 6.72. The summed E-state index contributed by atoms with van der Waals surface area (Å²) in [6.07, 6.45) is 0. The van der Waals surface area contributed by atoms with Crippen molar-refractivity contribution in [2.75, 3.05) is 0 Å². The minimum absolute atomic E-state index is 0.0738. The average molecular weight is 251 g/mol. The van der Waals surface area contributed by atoms with Crippen molar-refractivity contribution < 1.29 is 4.79 Å². The molecule has 0 bridgehead atoms. The van der Waals surface area contributed by atoms with Crippen LogP contribution >= 0.6 is 11.8 Å². The van der Waals surface area contributed by atoms with E-state index in [2.05, 4.69) is 24.4 Å². The van der Waals surface area contributed by atoms with Crippen molar-refractivity contribution in [2.24, 2.45) is 0 Å². The zero-order chi connectivity index (χ0) is 13.1. The topological polar surface area (TPSA) is 29.1 Å². The van der Waals surface area contributed by atoms with Crippen molar-refractivity contribution in [3.05, 3.63) is 29.8 Å². The Balaban J connectivity index is 2.64. The van der Waals surface area contributed by atoms with Gasteiger partial charge in [-0.15, -0.1) is 11.8 Å². The molecule has 1 aromatic carbocycles. The number of hydrogen-bond acceptors (Lipinski definition) is 2. The summed E-state index contributed by atoms with van der Waals surface area (Å²) in [6.45, 7) is 10.00. The Morgan fingerprint density at radius 3 is 2.41 bits per heavy atom. The average Bonchev–Trinajstić information content (AvgIpc) is 2.18. The molecule has 0 heterocycles. The van der Waals surface area contributed by atoms with Crippen LogP contribution in [0.25, 0.3) is 0 Å². The van der Waals surface area contributed by atoms with Gasteiger partial charge in [-0.2, -0.15) is 0 Å². The molecule has 1 aromatic rings. The van der Waals surface area contributed by atoms with Crippen molar-refractivity contribution in [1.82, 2.24) is 5.32 Å². The van der Waals surface area contributed by atoms with E-state index in [4.69, 9.17) is 0 Å². The van der Waals surface area contributed by atoms with Gasteiger partial charge in [-0.25, -0.2) is 0 Å². The van der Waals surface area contributed by atoms with Crippen LogP contribution in [0.3, 0.4) is 0 Å². The van der Waals surface area contributed by atoms with E-state index in [0.717, 1.165) is 0 Å². The molecule has 0 fully saturated rings. The van der Waals surface area contributed by atoms with Crippen molar-refractivity contribution in [3.63, 3.8) is 0 Å². The Bertz CT molecular complexity index is 395. The number of carbonyl (C=O) groups excluding carboxylic acids is 1. The Morgan fingerprint density at radius 2 is 1.88 bits per heavy atom. The molecule has 3 heteroatoms. The summed E-state index contributed by atoms with van der Waals surface area (Å²) >= 11 is 1.61. The number of amides is 1. The predicted octanol–water partition coefficient (Wildman–Crippen LogP) is 3.39. The number of benzene rings is 1. The van der Waals surface area contributed by atoms with Gasteiger partial charge in [0.2, 0.25) is 5.91 Å². The SMILES string of the molecule is Cc1ccccc1SC(C)C(=O)NC(C)(C)C. The van der Waals surface area contributed by atoms with E-state index in [0.29, 0.717) is 0 Å². The summed E-state index contributed by atoms with van der Waals surface area (Å²) in [4.78, 5) is 13.1. The summed E-state index contributed by atoms with van der Waals surface area (Å²) in [5.74, 6) is 0.0887. The minimum atomic E-state index is -0.169. The second-order valence-corrected chi connectivity index (χ2v) is 6.65. The largest absolute Gasteiger partial charge is 0.351 e. The lowest BCUT2D eigenvalue weighted by molar-refractivity contribution is -0.121. The standard InChI is InChI=1S/C14H21NOS/c1-10-8-6-7-9-12(10)17-11(2)13(16)15-14(3,4)5/h6-9,11H,1-5H3,(H,15,16). The normalized spacial score (nSPS) is 13.2. The summed E-state index contributed by atoms with van der Waals surface area (Å²) in [5.41, 5.74) is 1.05. The van der Waals surface area contributed by atoms with Gasteiger partial charge < -0.3 is 5.32 Å². The van der Waals surface area contributed by atoms with E-state index in [9.17, 15) is 4.79 Å². The van der Waals surface area contributed by atoms with Crippen LogP contribution in [0.15, 0.2) is 29.2 Å². The number of rotatable bonds is 3. The highest BCUT2D eigenvalue weighted by atomic mass is 32.2. The highest BCUT2D eigenvalue weighted by Crippen LogP contribution is 2.26. The van der Waals surface area contributed by atoms with Gasteiger partial charge in [0, 0.05) is 10.4 Å². The summed E-state index contributed by atoms with van der Waals surface area (Å²) in [7, 11) is 0. The molecule has 0 aliphatic rings. The van der Waals surface area contributed by atoms with Gasteiger partial charge in [-0.05, 0) is 46.2 Å². The van der Waals surface area contributed by atoms with Crippen LogP contribution in [0, 0.1) is 6.92 Å². The lowest BCUT2D eigenvalue weighted by atomic mass is 10.1. The maximum absolute atomic E-state index is 11.9. The monoisotopic (exact) mass is 251 g/mol. The van der Waals surface area contributed by atoms with Crippen LogP contribution in [0.5, 0.6) is 0 Å². The molecular weight excluding hydrogens is 230 g/mol. The quantitative estimate of drug-likeness (QED) is 0.834. The van der Waals surface area contributed by atoms with Crippen LogP contribution in [0.1, 0.15) is 33.3 Å². The molecule has 2 nitrogen and oxygen atoms in total. The van der Waals surface area contributed by atoms with Gasteiger partial charge in [-0.1, -0.05) is 18.2 Å². The first kappa shape index (κ1) is 14.1. The Hall–Kier alpha value is -0.960. The molecule has 0 radical (unpaired) electrons. The molecule has 0 saturated carbocycles. The number of thioether (sulfide) groups is 1. The molecule has 0 aliphatic carbocycles. The molecule has 0 saturated heterocycles. The summed E-state index contributed by atoms with van der Waals surface area (Å²) < 4.78 is 0. The number of hydrogen-bond donors (Lipinski definition) is 1. The predicted molar refractivity (Wildman–Crippen MR) is 74.4 cm³/mol. The maximum atomic E-state index is 11.9. The molecule has 94 valence electrons. The Morgan fingerprint density at radius 1 is 1.29 bits per heavy atom. The first-order valence-electron chi connectivity index (χ1n) is 5.84. The van der Waals surface area contributed by atoms with Crippen molar-refractivity contribution in [2.45, 2.75) is 50.3 Å². The molecule has 1 atom stereocenters. The number of aryl methyl sites for hydroxylation is 1. The third-order valence-corrected chi connectivity index (χ3v) is 3.54. The molecule has 1 unspecified atom stereocenters. The third-order valence-electron chi connectivity index (χ3n) is 2.26. The molecule has 0 aromatic heterocycles. The van der Waals surface area contributed by atoms with Gasteiger partial charge >= 0.3 is 0 Å². The van der Waals surface area contributed by atoms with E-state index in [1.807, 2.05) is 39.8 Å². The molecule has 17 heavy (non-hydrogen) atoms. The van der Waals surface area contributed by atoms with Crippen molar-refractivity contribution in [1.29, 1.82) is 0 Å². The van der Waals surface area contributed by atoms with Crippen LogP contribution in [0.2, 0.25) is 0 Å². The van der Waals surface area contributed by atoms with Gasteiger partial charge in [0.05, 0.1) is 5.25 Å². The van der Waals surface area contributed by atoms with Gasteiger partial charge in [-0.3, -0.25) is 4.79 Å². The smallest absolute Gasteiger partial charge is 0.233 e. The summed E-state index contributed by atoms with van der Waals surface area (Å²) in [5, 5.41) is 2.93. The van der Waals surface area contributed by atoms with Crippen LogP contribution in [-0.2, 0) is 4.79 Å². The zero-order valence-corrected chi connectivity index (χ0v) is 12.0. The summed E-state index contributed by atoms with van der Waals surface area (Å²) in [6, 6.07) is 8.14. The van der Waals surface area contributed by atoms with Crippen LogP contribution in [0.4, 0.5) is 0 Å². The van der Waals surface area contributed by atoms with E-state index >= 15 is 0 Å². The fourth-order valence-electron chi connectivity index (χ4n) is 1.40. The van der Waals surface area contributed by atoms with Gasteiger partial charge in [0.25, 0.3) is 0 Å². The van der Waals surface area contributed by atoms with Crippen LogP contribution < -0.4 is 5.32 Å². The second-order valence-electron chi connectivity index (χ2n) is 5.26. The highest BCUT2D eigenvalue weighted by molar-refractivity contribution is 8.00. The molecule has 0 aliphatic heterocycles. The van der Waals surface area contributed by atoms with E-state index in [1.165, 1.54) is 10.5 Å². The van der Waals surface area contributed by atoms with Gasteiger partial charge in [0.15, 0.2) is 0 Å². The fraction of sp³-hybridized carbons (Fsp3) is 0.500. The Labute approximate surface area is 108 Å². The first-order chi connectivity index (χ1) is 7.79. The maximum Gasteiger partial charge on any atom is 0.233 e. The third kappa shape index (κ3) is 4.82. The fourth-order valence-corrected chi connectivity index (χ4v) is 2.36. The molecule has 0 spiro atoms. The van der Waals surface area contributed by atoms with Crippen molar-refractivity contribution >= 4 is 17.7 Å². The van der Waals surface area contributed by atoms with E-state index in [-0.39, 0.29) is 16.7 Å². The van der Waals surface area contributed by atoms with E-state index in [1.54, 1.807) is 11.8 Å². The lowest BCUT2D eigenvalue weighted by Crippen LogP contribution is -2.44. The van der Waals surface area contributed by atoms with Crippen molar-refractivity contribution in [3.8, 4) is 0 Å². The Kier molecular flexibility index (Phi) is 4.63. The van der Waals surface area contributed by atoms with Crippen LogP contribution in [-0.4, -0.2) is 16.7 Å². The lowest BCUT2D eigenvalue weighted by Gasteiger charge is -2.23. The highest BCUT2D eigenvalue weighted by Gasteiger charge is 2.20. The molecule has 1 N–H and O–H groups in total. The second kappa shape index (κ2) is 5.58. The minimum Gasteiger partial charge on any atom is -0.351 e. The van der Waals surface area contributed by atoms with Gasteiger partial charge in [0.1, 0.15) is 0 Å². The molecular formula is C14H21NOS. The number of nitrogens with one attached hydrogen (secondary N) is 1. The zero-order valence-electron chi connectivity index (χ0n) is 11.2. The van der Waals surface area contributed by atoms with E-state index < -0.39 is 0 Å². The number of carbonyl (C=O) groups is 1.